The van der Waals surface area contributed by atoms with E-state index in [2.05, 4.69) is 26.0 Å². The SMILES string of the molecule is CCC[C@H]1CC[C@H](c2ccc(C(=O)Oc3ccc(OCC)cc3)cc2)C[C@@H]1C. The summed E-state index contributed by atoms with van der Waals surface area (Å²) in [6.07, 6.45) is 6.46. The lowest BCUT2D eigenvalue weighted by Gasteiger charge is -2.34. The third-order valence-electron chi connectivity index (χ3n) is 5.97. The Labute approximate surface area is 169 Å². The molecule has 0 saturated heterocycles. The number of hydrogen-bond acceptors (Lipinski definition) is 3. The average molecular weight is 381 g/mol. The maximum absolute atomic E-state index is 12.4. The van der Waals surface area contributed by atoms with Gasteiger partial charge in [-0.05, 0) is 85.9 Å². The largest absolute Gasteiger partial charge is 0.494 e. The summed E-state index contributed by atoms with van der Waals surface area (Å²) in [6.45, 7) is 7.23. The van der Waals surface area contributed by atoms with Crippen LogP contribution in [0.25, 0.3) is 0 Å². The molecular weight excluding hydrogens is 348 g/mol. The van der Waals surface area contributed by atoms with E-state index < -0.39 is 0 Å². The van der Waals surface area contributed by atoms with Crippen molar-refractivity contribution in [2.75, 3.05) is 6.61 Å². The van der Waals surface area contributed by atoms with Gasteiger partial charge < -0.3 is 9.47 Å². The molecule has 3 rings (SSSR count). The Hall–Kier alpha value is -2.29. The van der Waals surface area contributed by atoms with Gasteiger partial charge in [0.05, 0.1) is 12.2 Å². The zero-order chi connectivity index (χ0) is 19.9. The number of carbonyl (C=O) groups is 1. The van der Waals surface area contributed by atoms with Gasteiger partial charge in [-0.15, -0.1) is 0 Å². The molecular formula is C25H32O3. The van der Waals surface area contributed by atoms with Crippen molar-refractivity contribution in [1.29, 1.82) is 0 Å². The van der Waals surface area contributed by atoms with E-state index in [1.807, 2.05) is 31.2 Å². The number of rotatable bonds is 7. The minimum Gasteiger partial charge on any atom is -0.494 e. The molecule has 1 fully saturated rings. The van der Waals surface area contributed by atoms with Gasteiger partial charge >= 0.3 is 5.97 Å². The smallest absolute Gasteiger partial charge is 0.343 e. The summed E-state index contributed by atoms with van der Waals surface area (Å²) < 4.78 is 10.9. The van der Waals surface area contributed by atoms with Crippen LogP contribution < -0.4 is 9.47 Å². The number of hydrogen-bond donors (Lipinski definition) is 0. The molecule has 1 saturated carbocycles. The quantitative estimate of drug-likeness (QED) is 0.400. The van der Waals surface area contributed by atoms with E-state index in [1.54, 1.807) is 12.1 Å². The van der Waals surface area contributed by atoms with Crippen LogP contribution in [0.5, 0.6) is 11.5 Å². The van der Waals surface area contributed by atoms with Gasteiger partial charge in [0.25, 0.3) is 0 Å². The highest BCUT2D eigenvalue weighted by Gasteiger charge is 2.27. The molecule has 0 N–H and O–H groups in total. The molecule has 3 atom stereocenters. The lowest BCUT2D eigenvalue weighted by Crippen LogP contribution is -2.21. The highest BCUT2D eigenvalue weighted by atomic mass is 16.5. The first-order valence-electron chi connectivity index (χ1n) is 10.7. The van der Waals surface area contributed by atoms with E-state index in [9.17, 15) is 4.79 Å². The van der Waals surface area contributed by atoms with Gasteiger partial charge in [0, 0.05) is 0 Å². The maximum Gasteiger partial charge on any atom is 0.343 e. The third kappa shape index (κ3) is 5.15. The molecule has 0 bridgehead atoms. The highest BCUT2D eigenvalue weighted by Crippen LogP contribution is 2.41. The van der Waals surface area contributed by atoms with Crippen LogP contribution in [0.2, 0.25) is 0 Å². The Balaban J connectivity index is 1.58. The molecule has 0 heterocycles. The number of ether oxygens (including phenoxy) is 2. The standard InChI is InChI=1S/C25H32O3/c1-4-6-19-7-12-22(17-18(19)3)20-8-10-21(11-9-20)25(26)28-24-15-13-23(14-16-24)27-5-2/h8-11,13-16,18-19,22H,4-7,12,17H2,1-3H3/t18-,19-,22-/m0/s1. The zero-order valence-electron chi connectivity index (χ0n) is 17.3. The molecule has 3 heteroatoms. The summed E-state index contributed by atoms with van der Waals surface area (Å²) >= 11 is 0. The van der Waals surface area contributed by atoms with Gasteiger partial charge in [-0.1, -0.05) is 38.8 Å². The fraction of sp³-hybridized carbons (Fsp3) is 0.480. The first-order valence-corrected chi connectivity index (χ1v) is 10.7. The summed E-state index contributed by atoms with van der Waals surface area (Å²) in [7, 11) is 0. The van der Waals surface area contributed by atoms with Crippen LogP contribution in [0.3, 0.4) is 0 Å². The van der Waals surface area contributed by atoms with Crippen molar-refractivity contribution in [3.63, 3.8) is 0 Å². The molecule has 0 aromatic heterocycles. The molecule has 1 aliphatic carbocycles. The average Bonchev–Trinajstić information content (AvgIpc) is 2.71. The van der Waals surface area contributed by atoms with Gasteiger partial charge in [-0.3, -0.25) is 0 Å². The van der Waals surface area contributed by atoms with E-state index in [0.717, 1.165) is 17.6 Å². The fourth-order valence-electron chi connectivity index (χ4n) is 4.39. The molecule has 0 aliphatic heterocycles. The molecule has 3 nitrogen and oxygen atoms in total. The second-order valence-corrected chi connectivity index (χ2v) is 7.95. The van der Waals surface area contributed by atoms with E-state index in [0.29, 0.717) is 23.8 Å². The Kier molecular flexibility index (Phi) is 7.13. The predicted octanol–water partition coefficient (Wildman–Crippen LogP) is 6.62. The van der Waals surface area contributed by atoms with E-state index in [1.165, 1.54) is 37.7 Å². The van der Waals surface area contributed by atoms with Crippen molar-refractivity contribution in [3.8, 4) is 11.5 Å². The molecule has 0 amide bonds. The predicted molar refractivity (Wildman–Crippen MR) is 113 cm³/mol. The Morgan fingerprint density at radius 1 is 0.964 bits per heavy atom. The number of carbonyl (C=O) groups excluding carboxylic acids is 1. The van der Waals surface area contributed by atoms with Crippen LogP contribution in [0.15, 0.2) is 48.5 Å². The normalized spacial score (nSPS) is 21.9. The van der Waals surface area contributed by atoms with E-state index in [-0.39, 0.29) is 5.97 Å². The Bertz CT molecular complexity index is 748. The van der Waals surface area contributed by atoms with Crippen LogP contribution in [0.1, 0.15) is 74.7 Å². The van der Waals surface area contributed by atoms with Gasteiger partial charge in [0.1, 0.15) is 11.5 Å². The molecule has 2 aromatic carbocycles. The Morgan fingerprint density at radius 3 is 2.25 bits per heavy atom. The number of esters is 1. The van der Waals surface area contributed by atoms with Crippen molar-refractivity contribution in [1.82, 2.24) is 0 Å². The molecule has 0 unspecified atom stereocenters. The van der Waals surface area contributed by atoms with Crippen molar-refractivity contribution >= 4 is 5.97 Å². The lowest BCUT2D eigenvalue weighted by molar-refractivity contribution is 0.0734. The molecule has 0 radical (unpaired) electrons. The van der Waals surface area contributed by atoms with Crippen LogP contribution >= 0.6 is 0 Å². The first kappa shape index (κ1) is 20.4. The summed E-state index contributed by atoms with van der Waals surface area (Å²) in [6, 6.07) is 15.1. The van der Waals surface area contributed by atoms with E-state index in [4.69, 9.17) is 9.47 Å². The first-order chi connectivity index (χ1) is 13.6. The maximum atomic E-state index is 12.4. The van der Waals surface area contributed by atoms with Crippen molar-refractivity contribution in [2.24, 2.45) is 11.8 Å². The summed E-state index contributed by atoms with van der Waals surface area (Å²) in [5.41, 5.74) is 1.93. The minimum atomic E-state index is -0.323. The van der Waals surface area contributed by atoms with Gasteiger partial charge in [0.2, 0.25) is 0 Å². The molecule has 0 spiro atoms. The lowest BCUT2D eigenvalue weighted by atomic mass is 9.71. The van der Waals surface area contributed by atoms with E-state index >= 15 is 0 Å². The molecule has 2 aromatic rings. The monoisotopic (exact) mass is 380 g/mol. The molecule has 28 heavy (non-hydrogen) atoms. The summed E-state index contributed by atoms with van der Waals surface area (Å²) in [4.78, 5) is 12.4. The second-order valence-electron chi connectivity index (χ2n) is 7.95. The summed E-state index contributed by atoms with van der Waals surface area (Å²) in [5, 5.41) is 0. The zero-order valence-corrected chi connectivity index (χ0v) is 17.3. The van der Waals surface area contributed by atoms with Crippen molar-refractivity contribution < 1.29 is 14.3 Å². The number of benzene rings is 2. The molecule has 1 aliphatic rings. The highest BCUT2D eigenvalue weighted by molar-refractivity contribution is 5.91. The topological polar surface area (TPSA) is 35.5 Å². The molecule has 150 valence electrons. The third-order valence-corrected chi connectivity index (χ3v) is 5.97. The van der Waals surface area contributed by atoms with Gasteiger partial charge in [-0.2, -0.15) is 0 Å². The van der Waals surface area contributed by atoms with Crippen LogP contribution in [-0.4, -0.2) is 12.6 Å². The minimum absolute atomic E-state index is 0.323. The fourth-order valence-corrected chi connectivity index (χ4v) is 4.39. The Morgan fingerprint density at radius 2 is 1.64 bits per heavy atom. The second kappa shape index (κ2) is 9.77. The van der Waals surface area contributed by atoms with Crippen molar-refractivity contribution in [3.05, 3.63) is 59.7 Å². The van der Waals surface area contributed by atoms with Crippen molar-refractivity contribution in [2.45, 2.75) is 58.8 Å². The van der Waals surface area contributed by atoms with Crippen LogP contribution in [0, 0.1) is 11.8 Å². The van der Waals surface area contributed by atoms with Crippen LogP contribution in [0.4, 0.5) is 0 Å². The van der Waals surface area contributed by atoms with Gasteiger partial charge in [0.15, 0.2) is 0 Å². The van der Waals surface area contributed by atoms with Gasteiger partial charge in [-0.25, -0.2) is 4.79 Å². The summed E-state index contributed by atoms with van der Waals surface area (Å²) in [5.74, 6) is 3.25. The van der Waals surface area contributed by atoms with Crippen LogP contribution in [-0.2, 0) is 0 Å².